The van der Waals surface area contributed by atoms with Gasteiger partial charge >= 0.3 is 0 Å². The summed E-state index contributed by atoms with van der Waals surface area (Å²) >= 11 is 0. The van der Waals surface area contributed by atoms with Crippen molar-refractivity contribution in [3.05, 3.63) is 24.3 Å². The van der Waals surface area contributed by atoms with Crippen LogP contribution in [0.1, 0.15) is 0 Å². The number of para-hydroxylation sites is 2. The molecule has 1 heterocycles. The molecule has 0 aliphatic heterocycles. The van der Waals surface area contributed by atoms with E-state index in [2.05, 4.69) is 9.97 Å². The molecule has 2 N–H and O–H groups in total. The fourth-order valence-corrected chi connectivity index (χ4v) is 1.64. The number of aromatic nitrogens is 2. The first kappa shape index (κ1) is 8.40. The molecule has 1 aromatic heterocycles. The maximum atomic E-state index is 11.2. The Morgan fingerprint density at radius 1 is 1.46 bits per heavy atom. The van der Waals surface area contributed by atoms with Gasteiger partial charge in [-0.25, -0.2) is 9.19 Å². The van der Waals surface area contributed by atoms with Crippen LogP contribution in [0.5, 0.6) is 0 Å². The number of H-pyrrole nitrogens is 1. The zero-order chi connectivity index (χ0) is 9.26. The van der Waals surface area contributed by atoms with Crippen LogP contribution in [0.15, 0.2) is 29.4 Å². The number of aromatic amines is 1. The van der Waals surface area contributed by atoms with Gasteiger partial charge < -0.3 is 10.1 Å². The molecule has 0 bridgehead atoms. The van der Waals surface area contributed by atoms with Gasteiger partial charge in [0, 0.05) is 0 Å². The molecule has 2 rings (SSSR count). The van der Waals surface area contributed by atoms with Crippen LogP contribution in [0, 0.1) is 0 Å². The lowest BCUT2D eigenvalue weighted by Crippen LogP contribution is -1.97. The topological polar surface area (TPSA) is 66.0 Å². The molecular formula is C8H8N2O2S. The number of hydrogen-bond donors (Lipinski definition) is 2. The summed E-state index contributed by atoms with van der Waals surface area (Å²) in [5, 5.41) is 8.98. The zero-order valence-corrected chi connectivity index (χ0v) is 7.54. The van der Waals surface area contributed by atoms with Gasteiger partial charge in [0.25, 0.3) is 0 Å². The smallest absolute Gasteiger partial charge is 0.199 e. The molecule has 13 heavy (non-hydrogen) atoms. The Bertz CT molecular complexity index is 419. The van der Waals surface area contributed by atoms with Gasteiger partial charge in [-0.2, -0.15) is 0 Å². The number of benzene rings is 1. The number of aliphatic hydroxyl groups is 1. The van der Waals surface area contributed by atoms with E-state index in [-0.39, 0.29) is 0 Å². The largest absolute Gasteiger partial charge is 0.383 e. The first-order chi connectivity index (χ1) is 6.31. The molecule has 0 saturated heterocycles. The number of rotatable bonds is 2. The molecule has 68 valence electrons. The van der Waals surface area contributed by atoms with Crippen molar-refractivity contribution < 1.29 is 9.32 Å². The van der Waals surface area contributed by atoms with Crippen LogP contribution in [0.3, 0.4) is 0 Å². The van der Waals surface area contributed by atoms with Gasteiger partial charge in [-0.05, 0) is 12.1 Å². The Kier molecular flexibility index (Phi) is 2.12. The van der Waals surface area contributed by atoms with E-state index in [1.54, 1.807) is 0 Å². The summed E-state index contributed by atoms with van der Waals surface area (Å²) in [6.45, 7) is 0. The van der Waals surface area contributed by atoms with Crippen LogP contribution in [0.25, 0.3) is 11.0 Å². The molecule has 0 aliphatic carbocycles. The van der Waals surface area contributed by atoms with E-state index in [0.29, 0.717) is 5.16 Å². The highest BCUT2D eigenvalue weighted by molar-refractivity contribution is 7.84. The summed E-state index contributed by atoms with van der Waals surface area (Å²) in [5.74, 6) is -0.403. The molecule has 0 fully saturated rings. The van der Waals surface area contributed by atoms with Crippen molar-refractivity contribution in [3.8, 4) is 0 Å². The van der Waals surface area contributed by atoms with Crippen LogP contribution < -0.4 is 0 Å². The van der Waals surface area contributed by atoms with Crippen molar-refractivity contribution in [2.45, 2.75) is 5.16 Å². The minimum absolute atomic E-state index is 0.323. The van der Waals surface area contributed by atoms with Crippen LogP contribution in [-0.4, -0.2) is 25.2 Å². The lowest BCUT2D eigenvalue weighted by atomic mass is 10.3. The number of nitrogens with zero attached hydrogens (tertiary/aromatic N) is 1. The molecule has 0 spiro atoms. The molecule has 1 unspecified atom stereocenters. The minimum Gasteiger partial charge on any atom is -0.383 e. The first-order valence-electron chi connectivity index (χ1n) is 3.75. The van der Waals surface area contributed by atoms with Gasteiger partial charge in [-0.1, -0.05) is 12.1 Å². The Balaban J connectivity index is 2.56. The van der Waals surface area contributed by atoms with Crippen molar-refractivity contribution in [3.63, 3.8) is 0 Å². The van der Waals surface area contributed by atoms with Gasteiger partial charge in [0.1, 0.15) is 16.7 Å². The lowest BCUT2D eigenvalue weighted by Gasteiger charge is -1.88. The average molecular weight is 196 g/mol. The van der Waals surface area contributed by atoms with Crippen LogP contribution in [0.2, 0.25) is 0 Å². The van der Waals surface area contributed by atoms with Gasteiger partial charge in [-0.15, -0.1) is 0 Å². The summed E-state index contributed by atoms with van der Waals surface area (Å²) in [7, 11) is -1.43. The van der Waals surface area contributed by atoms with E-state index in [9.17, 15) is 4.21 Å². The highest BCUT2D eigenvalue weighted by Crippen LogP contribution is 2.12. The molecule has 0 amide bonds. The van der Waals surface area contributed by atoms with Crippen molar-refractivity contribution in [1.82, 2.24) is 9.97 Å². The fraction of sp³-hybridized carbons (Fsp3) is 0.125. The van der Waals surface area contributed by atoms with Crippen molar-refractivity contribution in [2.24, 2.45) is 0 Å². The van der Waals surface area contributed by atoms with Gasteiger partial charge in [-0.3, -0.25) is 0 Å². The molecule has 4 nitrogen and oxygen atoms in total. The molecule has 1 aromatic carbocycles. The molecule has 0 radical (unpaired) electrons. The second-order valence-electron chi connectivity index (χ2n) is 2.53. The molecule has 0 aliphatic rings. The molecule has 5 heteroatoms. The predicted octanol–water partition coefficient (Wildman–Crippen LogP) is 0.620. The standard InChI is InChI=1S/C8H8N2O2S/c11-5-13(12)8-9-6-3-1-2-4-7(6)10-8/h1-4,11H,5H2,(H,9,10). The van der Waals surface area contributed by atoms with Crippen molar-refractivity contribution in [2.75, 3.05) is 5.94 Å². The van der Waals surface area contributed by atoms with E-state index in [0.717, 1.165) is 11.0 Å². The van der Waals surface area contributed by atoms with Crippen molar-refractivity contribution >= 4 is 21.8 Å². The maximum Gasteiger partial charge on any atom is 0.199 e. The van der Waals surface area contributed by atoms with Crippen LogP contribution in [0.4, 0.5) is 0 Å². The summed E-state index contributed by atoms with van der Waals surface area (Å²) in [6.07, 6.45) is 0. The summed E-state index contributed by atoms with van der Waals surface area (Å²) in [5.41, 5.74) is 1.60. The van der Waals surface area contributed by atoms with E-state index >= 15 is 0 Å². The first-order valence-corrected chi connectivity index (χ1v) is 5.07. The minimum atomic E-state index is -1.43. The van der Waals surface area contributed by atoms with Gasteiger partial charge in [0.15, 0.2) is 5.16 Å². The number of imidazole rings is 1. The molecule has 1 atom stereocenters. The Morgan fingerprint density at radius 2 is 2.23 bits per heavy atom. The zero-order valence-electron chi connectivity index (χ0n) is 6.73. The van der Waals surface area contributed by atoms with Crippen LogP contribution >= 0.6 is 0 Å². The quantitative estimate of drug-likeness (QED) is 0.740. The molecule has 0 saturated carbocycles. The summed E-state index contributed by atoms with van der Waals surface area (Å²) < 4.78 is 11.2. The number of fused-ring (bicyclic) bond motifs is 1. The van der Waals surface area contributed by atoms with E-state index < -0.39 is 16.7 Å². The average Bonchev–Trinajstić information content (AvgIpc) is 2.59. The van der Waals surface area contributed by atoms with Crippen LogP contribution in [-0.2, 0) is 10.8 Å². The third kappa shape index (κ3) is 1.48. The monoisotopic (exact) mass is 196 g/mol. The normalized spacial score (nSPS) is 13.3. The molecule has 2 aromatic rings. The SMILES string of the molecule is O=S(CO)c1nc2ccccc2[nH]1. The second-order valence-corrected chi connectivity index (χ2v) is 3.87. The summed E-state index contributed by atoms with van der Waals surface area (Å²) in [4.78, 5) is 6.94. The Hall–Kier alpha value is -1.20. The highest BCUT2D eigenvalue weighted by atomic mass is 32.2. The molecular weight excluding hydrogens is 188 g/mol. The number of hydrogen-bond acceptors (Lipinski definition) is 3. The maximum absolute atomic E-state index is 11.2. The van der Waals surface area contributed by atoms with E-state index in [1.165, 1.54) is 0 Å². The van der Waals surface area contributed by atoms with E-state index in [1.807, 2.05) is 24.3 Å². The highest BCUT2D eigenvalue weighted by Gasteiger charge is 2.07. The Morgan fingerprint density at radius 3 is 2.92 bits per heavy atom. The number of aliphatic hydroxyl groups excluding tert-OH is 1. The fourth-order valence-electron chi connectivity index (χ4n) is 1.10. The second kappa shape index (κ2) is 3.27. The van der Waals surface area contributed by atoms with E-state index in [4.69, 9.17) is 5.11 Å². The van der Waals surface area contributed by atoms with Crippen molar-refractivity contribution in [1.29, 1.82) is 0 Å². The van der Waals surface area contributed by atoms with Gasteiger partial charge in [0.05, 0.1) is 11.0 Å². The lowest BCUT2D eigenvalue weighted by molar-refractivity contribution is 0.367. The third-order valence-electron chi connectivity index (χ3n) is 1.70. The summed E-state index contributed by atoms with van der Waals surface area (Å²) in [6, 6.07) is 7.39. The number of nitrogens with one attached hydrogen (secondary N) is 1. The third-order valence-corrected chi connectivity index (χ3v) is 2.56. The Labute approximate surface area is 77.1 Å². The van der Waals surface area contributed by atoms with Gasteiger partial charge in [0.2, 0.25) is 0 Å². The predicted molar refractivity (Wildman–Crippen MR) is 49.6 cm³/mol.